The van der Waals surface area contributed by atoms with Gasteiger partial charge in [0.15, 0.2) is 0 Å². The van der Waals surface area contributed by atoms with Crippen LogP contribution in [0.1, 0.15) is 17.6 Å². The molecular formula is C21H24N4O4. The third-order valence-corrected chi connectivity index (χ3v) is 5.48. The van der Waals surface area contributed by atoms with E-state index in [2.05, 4.69) is 15.4 Å². The van der Waals surface area contributed by atoms with Gasteiger partial charge in [-0.1, -0.05) is 6.07 Å². The van der Waals surface area contributed by atoms with Gasteiger partial charge >= 0.3 is 0 Å². The number of carbonyl (C=O) groups excluding carboxylic acids is 1. The number of nitrogens with zero attached hydrogens (tertiary/aromatic N) is 4. The van der Waals surface area contributed by atoms with E-state index in [4.69, 9.17) is 18.9 Å². The number of carbonyl (C=O) groups is 1. The Morgan fingerprint density at radius 2 is 2.00 bits per heavy atom. The van der Waals surface area contributed by atoms with Crippen LogP contribution in [0, 0.1) is 0 Å². The van der Waals surface area contributed by atoms with E-state index in [1.807, 2.05) is 29.3 Å². The summed E-state index contributed by atoms with van der Waals surface area (Å²) in [6.07, 6.45) is 3.66. The zero-order valence-corrected chi connectivity index (χ0v) is 16.2. The highest BCUT2D eigenvalue weighted by molar-refractivity contribution is 5.78. The predicted octanol–water partition coefficient (Wildman–Crippen LogP) is 1.91. The average molecular weight is 396 g/mol. The number of rotatable bonds is 4. The van der Waals surface area contributed by atoms with E-state index in [1.165, 1.54) is 0 Å². The Kier molecular flexibility index (Phi) is 4.95. The number of imidazole rings is 1. The number of fused-ring (bicyclic) bond motifs is 1. The van der Waals surface area contributed by atoms with Crippen LogP contribution in [0.3, 0.4) is 0 Å². The van der Waals surface area contributed by atoms with E-state index >= 15 is 0 Å². The molecule has 0 spiro atoms. The van der Waals surface area contributed by atoms with E-state index in [0.29, 0.717) is 25.5 Å². The molecule has 152 valence electrons. The Morgan fingerprint density at radius 1 is 1.10 bits per heavy atom. The first-order valence-electron chi connectivity index (χ1n) is 10.0. The summed E-state index contributed by atoms with van der Waals surface area (Å²) >= 11 is 0. The zero-order chi connectivity index (χ0) is 19.6. The van der Waals surface area contributed by atoms with Crippen LogP contribution in [0.2, 0.25) is 0 Å². The van der Waals surface area contributed by atoms with Crippen molar-refractivity contribution in [1.29, 1.82) is 0 Å². The molecule has 1 amide bonds. The van der Waals surface area contributed by atoms with Gasteiger partial charge in [-0.25, -0.2) is 4.98 Å². The second-order valence-electron chi connectivity index (χ2n) is 7.33. The Balaban J connectivity index is 1.35. The number of pyridine rings is 1. The molecule has 3 aromatic heterocycles. The highest BCUT2D eigenvalue weighted by atomic mass is 16.5. The third-order valence-electron chi connectivity index (χ3n) is 5.48. The fourth-order valence-corrected chi connectivity index (χ4v) is 3.95. The number of morpholine rings is 2. The van der Waals surface area contributed by atoms with Crippen molar-refractivity contribution in [3.05, 3.63) is 54.2 Å². The van der Waals surface area contributed by atoms with Crippen molar-refractivity contribution in [2.45, 2.75) is 12.5 Å². The molecule has 3 aromatic rings. The topological polar surface area (TPSA) is 72.5 Å². The highest BCUT2D eigenvalue weighted by Crippen LogP contribution is 2.26. The summed E-state index contributed by atoms with van der Waals surface area (Å²) in [5.41, 5.74) is 1.73. The first-order chi connectivity index (χ1) is 14.3. The normalized spacial score (nSPS) is 20.3. The zero-order valence-electron chi connectivity index (χ0n) is 16.2. The lowest BCUT2D eigenvalue weighted by Gasteiger charge is -2.32. The van der Waals surface area contributed by atoms with E-state index in [9.17, 15) is 4.79 Å². The van der Waals surface area contributed by atoms with E-state index in [0.717, 1.165) is 43.5 Å². The van der Waals surface area contributed by atoms with Crippen LogP contribution in [0.15, 0.2) is 47.2 Å². The first kappa shape index (κ1) is 18.2. The molecule has 5 heterocycles. The van der Waals surface area contributed by atoms with Crippen molar-refractivity contribution in [2.24, 2.45) is 0 Å². The maximum Gasteiger partial charge on any atom is 0.230 e. The number of furan rings is 1. The molecule has 0 aliphatic carbocycles. The van der Waals surface area contributed by atoms with E-state index in [-0.39, 0.29) is 18.4 Å². The molecule has 2 aliphatic rings. The molecule has 0 radical (unpaired) electrons. The van der Waals surface area contributed by atoms with Crippen molar-refractivity contribution in [3.63, 3.8) is 0 Å². The summed E-state index contributed by atoms with van der Waals surface area (Å²) in [5, 5.41) is 0. The second kappa shape index (κ2) is 7.88. The smallest absolute Gasteiger partial charge is 0.230 e. The van der Waals surface area contributed by atoms with E-state index < -0.39 is 0 Å². The van der Waals surface area contributed by atoms with Gasteiger partial charge < -0.3 is 23.7 Å². The summed E-state index contributed by atoms with van der Waals surface area (Å²) in [4.78, 5) is 21.6. The summed E-state index contributed by atoms with van der Waals surface area (Å²) in [7, 11) is 0. The predicted molar refractivity (Wildman–Crippen MR) is 106 cm³/mol. The molecule has 1 unspecified atom stereocenters. The highest BCUT2D eigenvalue weighted by Gasteiger charge is 2.28. The molecule has 0 saturated carbocycles. The van der Waals surface area contributed by atoms with Crippen LogP contribution in [0.4, 0.5) is 5.82 Å². The number of anilines is 1. The van der Waals surface area contributed by atoms with Crippen molar-refractivity contribution in [2.75, 3.05) is 50.9 Å². The maximum absolute atomic E-state index is 12.6. The van der Waals surface area contributed by atoms with Crippen LogP contribution < -0.4 is 4.90 Å². The van der Waals surface area contributed by atoms with E-state index in [1.54, 1.807) is 12.3 Å². The minimum Gasteiger partial charge on any atom is -0.469 e. The lowest BCUT2D eigenvalue weighted by Crippen LogP contribution is -2.43. The Labute approximate surface area is 168 Å². The molecule has 0 aromatic carbocycles. The number of hydrogen-bond acceptors (Lipinski definition) is 6. The van der Waals surface area contributed by atoms with Crippen molar-refractivity contribution in [3.8, 4) is 0 Å². The molecule has 2 fully saturated rings. The monoisotopic (exact) mass is 396 g/mol. The van der Waals surface area contributed by atoms with Crippen LogP contribution in [0.5, 0.6) is 0 Å². The summed E-state index contributed by atoms with van der Waals surface area (Å²) < 4.78 is 18.9. The quantitative estimate of drug-likeness (QED) is 0.671. The number of amides is 1. The van der Waals surface area contributed by atoms with Gasteiger partial charge in [0.2, 0.25) is 5.91 Å². The summed E-state index contributed by atoms with van der Waals surface area (Å²) in [5.74, 6) is 1.83. The van der Waals surface area contributed by atoms with Gasteiger partial charge in [0, 0.05) is 25.8 Å². The standard InChI is InChI=1S/C21H24N4O4/c26-21(13-16-3-2-9-28-16)24-8-12-29-18(15-24)17-14-25-19(22-17)4-1-5-20(25)23-6-10-27-11-7-23/h1-5,9,14,18H,6-8,10-13,15H2. The minimum atomic E-state index is -0.234. The number of ether oxygens (including phenoxy) is 2. The SMILES string of the molecule is O=C(Cc1ccco1)N1CCOC(c2cn3c(N4CCOCC4)cccc3n2)C1. The Hall–Kier alpha value is -2.84. The summed E-state index contributed by atoms with van der Waals surface area (Å²) in [6, 6.07) is 9.75. The molecule has 1 atom stereocenters. The Bertz CT molecular complexity index is 978. The lowest BCUT2D eigenvalue weighted by molar-refractivity contribution is -0.138. The molecule has 2 saturated heterocycles. The van der Waals surface area contributed by atoms with Crippen LogP contribution in [0.25, 0.3) is 5.65 Å². The number of aromatic nitrogens is 2. The van der Waals surface area contributed by atoms with Gasteiger partial charge in [-0.15, -0.1) is 0 Å². The molecule has 8 heteroatoms. The van der Waals surface area contributed by atoms with Gasteiger partial charge in [-0.05, 0) is 24.3 Å². The molecule has 2 aliphatic heterocycles. The van der Waals surface area contributed by atoms with Crippen LogP contribution >= 0.6 is 0 Å². The maximum atomic E-state index is 12.6. The molecule has 29 heavy (non-hydrogen) atoms. The first-order valence-corrected chi connectivity index (χ1v) is 10.0. The summed E-state index contributed by atoms with van der Waals surface area (Å²) in [6.45, 7) is 4.77. The fraction of sp³-hybridized carbons (Fsp3) is 0.429. The van der Waals surface area contributed by atoms with Gasteiger partial charge in [-0.2, -0.15) is 0 Å². The average Bonchev–Trinajstić information content (AvgIpc) is 3.44. The van der Waals surface area contributed by atoms with Crippen molar-refractivity contribution in [1.82, 2.24) is 14.3 Å². The van der Waals surface area contributed by atoms with Crippen molar-refractivity contribution >= 4 is 17.4 Å². The fourth-order valence-electron chi connectivity index (χ4n) is 3.95. The molecule has 0 bridgehead atoms. The van der Waals surface area contributed by atoms with Gasteiger partial charge in [0.1, 0.15) is 23.3 Å². The third kappa shape index (κ3) is 3.73. The molecule has 5 rings (SSSR count). The van der Waals surface area contributed by atoms with Gasteiger partial charge in [-0.3, -0.25) is 9.20 Å². The molecule has 8 nitrogen and oxygen atoms in total. The van der Waals surface area contributed by atoms with Crippen LogP contribution in [-0.2, 0) is 20.7 Å². The molecular weight excluding hydrogens is 372 g/mol. The Morgan fingerprint density at radius 3 is 2.83 bits per heavy atom. The second-order valence-corrected chi connectivity index (χ2v) is 7.33. The number of hydrogen-bond donors (Lipinski definition) is 0. The van der Waals surface area contributed by atoms with Crippen molar-refractivity contribution < 1.29 is 18.7 Å². The van der Waals surface area contributed by atoms with Crippen LogP contribution in [-0.4, -0.2) is 66.2 Å². The molecule has 0 N–H and O–H groups in total. The van der Waals surface area contributed by atoms with Gasteiger partial charge in [0.25, 0.3) is 0 Å². The van der Waals surface area contributed by atoms with Gasteiger partial charge in [0.05, 0.1) is 44.7 Å². The lowest BCUT2D eigenvalue weighted by atomic mass is 10.2. The minimum absolute atomic E-state index is 0.0472. The largest absolute Gasteiger partial charge is 0.469 e.